The predicted octanol–water partition coefficient (Wildman–Crippen LogP) is 2.35. The van der Waals surface area contributed by atoms with Gasteiger partial charge in [-0.2, -0.15) is 0 Å². The third-order valence-corrected chi connectivity index (χ3v) is 4.59. The van der Waals surface area contributed by atoms with E-state index in [0.29, 0.717) is 16.6 Å². The summed E-state index contributed by atoms with van der Waals surface area (Å²) >= 11 is 6.36. The van der Waals surface area contributed by atoms with Crippen molar-refractivity contribution in [3.05, 3.63) is 28.8 Å². The zero-order valence-corrected chi connectivity index (χ0v) is 13.3. The number of anilines is 1. The average Bonchev–Trinajstić information content (AvgIpc) is 2.53. The fraction of sp³-hybridized carbons (Fsp3) is 0.533. The summed E-state index contributed by atoms with van der Waals surface area (Å²) in [5.41, 5.74) is 7.20. The van der Waals surface area contributed by atoms with Gasteiger partial charge in [0.25, 0.3) is 0 Å². The molecule has 0 spiro atoms. The Balaban J connectivity index is 2.11. The van der Waals surface area contributed by atoms with Crippen molar-refractivity contribution in [3.63, 3.8) is 0 Å². The molecule has 1 heterocycles. The molecule has 0 atom stereocenters. The van der Waals surface area contributed by atoms with Gasteiger partial charge in [-0.05, 0) is 37.6 Å². The SMILES string of the molecule is CCN1CCC(N(C)c2ccc(C(N)=NO)cc2Cl)CC1. The molecule has 2 rings (SSSR count). The third kappa shape index (κ3) is 3.60. The number of amidine groups is 1. The fourth-order valence-electron chi connectivity index (χ4n) is 2.83. The van der Waals surface area contributed by atoms with E-state index in [1.165, 1.54) is 0 Å². The number of halogens is 1. The lowest BCUT2D eigenvalue weighted by atomic mass is 10.0. The maximum Gasteiger partial charge on any atom is 0.170 e. The van der Waals surface area contributed by atoms with E-state index in [4.69, 9.17) is 22.5 Å². The van der Waals surface area contributed by atoms with Crippen LogP contribution in [0.1, 0.15) is 25.3 Å². The molecule has 21 heavy (non-hydrogen) atoms. The van der Waals surface area contributed by atoms with Gasteiger partial charge in [0.15, 0.2) is 5.84 Å². The van der Waals surface area contributed by atoms with Crippen molar-refractivity contribution >= 4 is 23.1 Å². The lowest BCUT2D eigenvalue weighted by molar-refractivity contribution is 0.221. The number of nitrogens with two attached hydrogens (primary N) is 1. The van der Waals surface area contributed by atoms with Crippen LogP contribution in [0.5, 0.6) is 0 Å². The van der Waals surface area contributed by atoms with Crippen LogP contribution in [-0.4, -0.2) is 48.7 Å². The first-order valence-electron chi connectivity index (χ1n) is 7.29. The Morgan fingerprint density at radius 2 is 2.14 bits per heavy atom. The highest BCUT2D eigenvalue weighted by atomic mass is 35.5. The standard InChI is InChI=1S/C15H23ClN4O/c1-3-20-8-6-12(7-9-20)19(2)14-5-4-11(10-13(14)16)15(17)18-21/h4-5,10,12,21H,3,6-9H2,1-2H3,(H2,17,18). The van der Waals surface area contributed by atoms with Crippen molar-refractivity contribution in [2.24, 2.45) is 10.9 Å². The van der Waals surface area contributed by atoms with Crippen LogP contribution in [-0.2, 0) is 0 Å². The molecule has 0 aromatic heterocycles. The Bertz CT molecular complexity index is 512. The van der Waals surface area contributed by atoms with E-state index in [9.17, 15) is 0 Å². The molecule has 1 aliphatic heterocycles. The minimum atomic E-state index is 0.0716. The molecule has 0 radical (unpaired) electrons. The summed E-state index contributed by atoms with van der Waals surface area (Å²) in [6, 6.07) is 6.00. The summed E-state index contributed by atoms with van der Waals surface area (Å²) in [7, 11) is 2.08. The van der Waals surface area contributed by atoms with E-state index in [-0.39, 0.29) is 5.84 Å². The van der Waals surface area contributed by atoms with E-state index in [1.807, 2.05) is 12.1 Å². The first kappa shape index (κ1) is 15.9. The predicted molar refractivity (Wildman–Crippen MR) is 87.5 cm³/mol. The van der Waals surface area contributed by atoms with Gasteiger partial charge < -0.3 is 20.7 Å². The number of nitrogens with zero attached hydrogens (tertiary/aromatic N) is 3. The number of hydrogen-bond donors (Lipinski definition) is 2. The molecule has 0 bridgehead atoms. The number of likely N-dealkylation sites (tertiary alicyclic amines) is 1. The van der Waals surface area contributed by atoms with Gasteiger partial charge in [0, 0.05) is 31.7 Å². The molecule has 1 saturated heterocycles. The second-order valence-electron chi connectivity index (χ2n) is 5.43. The minimum Gasteiger partial charge on any atom is -0.409 e. The van der Waals surface area contributed by atoms with Crippen molar-refractivity contribution in [3.8, 4) is 0 Å². The summed E-state index contributed by atoms with van der Waals surface area (Å²) < 4.78 is 0. The number of benzene rings is 1. The van der Waals surface area contributed by atoms with E-state index in [1.54, 1.807) is 6.07 Å². The molecule has 1 fully saturated rings. The van der Waals surface area contributed by atoms with Gasteiger partial charge in [-0.25, -0.2) is 0 Å². The summed E-state index contributed by atoms with van der Waals surface area (Å²) in [5, 5.41) is 12.3. The van der Waals surface area contributed by atoms with Gasteiger partial charge in [-0.1, -0.05) is 23.7 Å². The molecule has 1 aromatic rings. The van der Waals surface area contributed by atoms with Gasteiger partial charge in [0.1, 0.15) is 0 Å². The molecule has 0 amide bonds. The van der Waals surface area contributed by atoms with Crippen LogP contribution in [0.4, 0.5) is 5.69 Å². The maximum absolute atomic E-state index is 8.71. The quantitative estimate of drug-likeness (QED) is 0.388. The largest absolute Gasteiger partial charge is 0.409 e. The highest BCUT2D eigenvalue weighted by Gasteiger charge is 2.23. The van der Waals surface area contributed by atoms with Crippen molar-refractivity contribution < 1.29 is 5.21 Å². The highest BCUT2D eigenvalue weighted by molar-refractivity contribution is 6.33. The van der Waals surface area contributed by atoms with Gasteiger partial charge in [0.05, 0.1) is 10.7 Å². The lowest BCUT2D eigenvalue weighted by Gasteiger charge is -2.37. The second kappa shape index (κ2) is 7.00. The smallest absolute Gasteiger partial charge is 0.170 e. The Morgan fingerprint density at radius 3 is 2.67 bits per heavy atom. The Morgan fingerprint density at radius 1 is 1.48 bits per heavy atom. The molecule has 0 saturated carbocycles. The number of piperidine rings is 1. The summed E-state index contributed by atoms with van der Waals surface area (Å²) in [6.45, 7) is 5.58. The summed E-state index contributed by atoms with van der Waals surface area (Å²) in [6.07, 6.45) is 2.28. The Kier molecular flexibility index (Phi) is 5.31. The van der Waals surface area contributed by atoms with Crippen LogP contribution in [0, 0.1) is 0 Å². The molecule has 0 unspecified atom stereocenters. The topological polar surface area (TPSA) is 65.1 Å². The summed E-state index contributed by atoms with van der Waals surface area (Å²) in [4.78, 5) is 4.71. The van der Waals surface area contributed by atoms with Gasteiger partial charge in [-0.3, -0.25) is 0 Å². The van der Waals surface area contributed by atoms with E-state index in [2.05, 4.69) is 28.9 Å². The van der Waals surface area contributed by atoms with Gasteiger partial charge in [0.2, 0.25) is 0 Å². The zero-order valence-electron chi connectivity index (χ0n) is 12.6. The molecular weight excluding hydrogens is 288 g/mol. The highest BCUT2D eigenvalue weighted by Crippen LogP contribution is 2.30. The molecule has 3 N–H and O–H groups in total. The molecule has 1 aromatic carbocycles. The average molecular weight is 311 g/mol. The third-order valence-electron chi connectivity index (χ3n) is 4.28. The van der Waals surface area contributed by atoms with Crippen LogP contribution in [0.25, 0.3) is 0 Å². The van der Waals surface area contributed by atoms with Crippen molar-refractivity contribution in [2.45, 2.75) is 25.8 Å². The van der Waals surface area contributed by atoms with Crippen molar-refractivity contribution in [1.29, 1.82) is 0 Å². The van der Waals surface area contributed by atoms with E-state index >= 15 is 0 Å². The number of hydrogen-bond acceptors (Lipinski definition) is 4. The van der Waals surface area contributed by atoms with Crippen LogP contribution in [0.15, 0.2) is 23.4 Å². The fourth-order valence-corrected chi connectivity index (χ4v) is 3.14. The van der Waals surface area contributed by atoms with Crippen LogP contribution < -0.4 is 10.6 Å². The van der Waals surface area contributed by atoms with E-state index in [0.717, 1.165) is 38.2 Å². The lowest BCUT2D eigenvalue weighted by Crippen LogP contribution is -2.43. The van der Waals surface area contributed by atoms with Gasteiger partial charge >= 0.3 is 0 Å². The van der Waals surface area contributed by atoms with Crippen molar-refractivity contribution in [2.75, 3.05) is 31.6 Å². The van der Waals surface area contributed by atoms with Crippen LogP contribution in [0.2, 0.25) is 5.02 Å². The van der Waals surface area contributed by atoms with Crippen LogP contribution >= 0.6 is 11.6 Å². The van der Waals surface area contributed by atoms with Crippen molar-refractivity contribution in [1.82, 2.24) is 4.90 Å². The normalized spacial score (nSPS) is 18.0. The zero-order chi connectivity index (χ0) is 15.4. The molecular formula is C15H23ClN4O. The molecule has 6 heteroatoms. The minimum absolute atomic E-state index is 0.0716. The number of oxime groups is 1. The first-order chi connectivity index (χ1) is 10.1. The first-order valence-corrected chi connectivity index (χ1v) is 7.67. The van der Waals surface area contributed by atoms with E-state index < -0.39 is 0 Å². The molecule has 116 valence electrons. The summed E-state index contributed by atoms with van der Waals surface area (Å²) in [5.74, 6) is 0.0716. The second-order valence-corrected chi connectivity index (χ2v) is 5.83. The number of rotatable bonds is 4. The van der Waals surface area contributed by atoms with Gasteiger partial charge in [-0.15, -0.1) is 0 Å². The maximum atomic E-state index is 8.71. The Labute approximate surface area is 131 Å². The monoisotopic (exact) mass is 310 g/mol. The molecule has 0 aliphatic carbocycles. The van der Waals surface area contributed by atoms with Crippen LogP contribution in [0.3, 0.4) is 0 Å². The Hall–Kier alpha value is -1.46. The molecule has 5 nitrogen and oxygen atoms in total. The molecule has 1 aliphatic rings.